The zero-order valence-corrected chi connectivity index (χ0v) is 19.3. The number of anilines is 3. The summed E-state index contributed by atoms with van der Waals surface area (Å²) in [6.07, 6.45) is 2.74. The van der Waals surface area contributed by atoms with E-state index in [9.17, 15) is 4.79 Å². The lowest BCUT2D eigenvalue weighted by Gasteiger charge is -2.11. The number of nitrogens with zero attached hydrogens (tertiary/aromatic N) is 3. The number of aromatic nitrogens is 4. The molecule has 0 saturated heterocycles. The van der Waals surface area contributed by atoms with Crippen molar-refractivity contribution in [3.05, 3.63) is 59.4 Å². The number of carbonyl (C=O) groups is 1. The monoisotopic (exact) mass is 472 g/mol. The van der Waals surface area contributed by atoms with E-state index in [2.05, 4.69) is 30.8 Å². The van der Waals surface area contributed by atoms with Crippen molar-refractivity contribution in [1.82, 2.24) is 20.2 Å². The van der Waals surface area contributed by atoms with E-state index in [1.54, 1.807) is 13.3 Å². The highest BCUT2D eigenvalue weighted by Gasteiger charge is 2.65. The van der Waals surface area contributed by atoms with Crippen LogP contribution in [0.4, 0.5) is 17.3 Å². The Kier molecular flexibility index (Phi) is 4.85. The van der Waals surface area contributed by atoms with Gasteiger partial charge in [0.05, 0.1) is 37.0 Å². The Bertz CT molecular complexity index is 1470. The third-order valence-corrected chi connectivity index (χ3v) is 6.90. The van der Waals surface area contributed by atoms with E-state index >= 15 is 0 Å². The summed E-state index contributed by atoms with van der Waals surface area (Å²) in [5.74, 6) is 2.20. The fourth-order valence-electron chi connectivity index (χ4n) is 5.03. The quantitative estimate of drug-likeness (QED) is 0.322. The van der Waals surface area contributed by atoms with Gasteiger partial charge in [0, 0.05) is 30.0 Å². The molecule has 1 amide bonds. The molecule has 2 atom stereocenters. The summed E-state index contributed by atoms with van der Waals surface area (Å²) >= 11 is 0. The maximum Gasteiger partial charge on any atom is 0.257 e. The van der Waals surface area contributed by atoms with Crippen molar-refractivity contribution in [2.45, 2.75) is 24.2 Å². The summed E-state index contributed by atoms with van der Waals surface area (Å²) in [5.41, 5.74) is 3.85. The summed E-state index contributed by atoms with van der Waals surface area (Å²) in [7, 11) is 3.15. The van der Waals surface area contributed by atoms with Crippen LogP contribution in [-0.4, -0.2) is 52.0 Å². The number of carbonyl (C=O) groups excluding carboxylic acids is 1. The van der Waals surface area contributed by atoms with Gasteiger partial charge in [0.2, 0.25) is 5.91 Å². The second-order valence-electron chi connectivity index (χ2n) is 8.79. The Labute approximate surface area is 200 Å². The molecule has 1 fully saturated rings. The number of methoxy groups -OCH3 is 2. The van der Waals surface area contributed by atoms with Gasteiger partial charge in [-0.1, -0.05) is 6.07 Å². The number of nitrogens with one attached hydrogen (secondary N) is 3. The van der Waals surface area contributed by atoms with Crippen molar-refractivity contribution < 1.29 is 19.4 Å². The second-order valence-corrected chi connectivity index (χ2v) is 8.79. The molecule has 10 nitrogen and oxygen atoms in total. The van der Waals surface area contributed by atoms with Crippen LogP contribution in [0.2, 0.25) is 0 Å². The van der Waals surface area contributed by atoms with Crippen LogP contribution in [0.1, 0.15) is 29.2 Å². The number of amides is 1. The predicted octanol–water partition coefficient (Wildman–Crippen LogP) is 3.03. The molecule has 0 radical (unpaired) electrons. The minimum Gasteiger partial charge on any atom is -0.497 e. The maximum atomic E-state index is 13.0. The lowest BCUT2D eigenvalue weighted by molar-refractivity contribution is -0.118. The van der Waals surface area contributed by atoms with Gasteiger partial charge in [-0.15, -0.1) is 0 Å². The number of benzene rings is 2. The molecule has 2 aromatic carbocycles. The summed E-state index contributed by atoms with van der Waals surface area (Å²) in [6, 6.07) is 11.8. The molecule has 0 bridgehead atoms. The van der Waals surface area contributed by atoms with Crippen molar-refractivity contribution in [3.63, 3.8) is 0 Å². The average molecular weight is 473 g/mol. The van der Waals surface area contributed by atoms with E-state index in [-0.39, 0.29) is 18.4 Å². The Morgan fingerprint density at radius 3 is 2.86 bits per heavy atom. The summed E-state index contributed by atoms with van der Waals surface area (Å²) < 4.78 is 10.8. The average Bonchev–Trinajstić information content (AvgIpc) is 3.43. The van der Waals surface area contributed by atoms with Gasteiger partial charge in [0.1, 0.15) is 5.75 Å². The molecule has 6 rings (SSSR count). The number of hydrogen-bond donors (Lipinski definition) is 4. The van der Waals surface area contributed by atoms with Crippen LogP contribution >= 0.6 is 0 Å². The molecule has 2 aromatic heterocycles. The SMILES string of the molecule is COc1ccc2c(c1)[C@]1(C[C@H]1c1ccc3c(Nc4ncc(CCO)nc4OC)n[nH]c3c1)C(=O)N2. The van der Waals surface area contributed by atoms with Crippen molar-refractivity contribution in [1.29, 1.82) is 0 Å². The third-order valence-electron chi connectivity index (χ3n) is 6.90. The number of H-pyrrole nitrogens is 1. The van der Waals surface area contributed by atoms with Gasteiger partial charge in [0.15, 0.2) is 11.6 Å². The van der Waals surface area contributed by atoms with E-state index < -0.39 is 5.41 Å². The molecular weight excluding hydrogens is 448 g/mol. The van der Waals surface area contributed by atoms with E-state index in [0.717, 1.165) is 39.9 Å². The molecule has 3 heterocycles. The van der Waals surface area contributed by atoms with E-state index in [1.807, 2.05) is 36.4 Å². The van der Waals surface area contributed by atoms with Gasteiger partial charge in [-0.05, 0) is 47.9 Å². The Morgan fingerprint density at radius 1 is 1.17 bits per heavy atom. The molecule has 1 aliphatic heterocycles. The van der Waals surface area contributed by atoms with Crippen LogP contribution in [-0.2, 0) is 16.6 Å². The van der Waals surface area contributed by atoms with E-state index in [1.165, 1.54) is 7.11 Å². The number of hydrogen-bond acceptors (Lipinski definition) is 8. The molecule has 0 unspecified atom stereocenters. The number of aliphatic hydroxyl groups is 1. The minimum atomic E-state index is -0.558. The highest BCUT2D eigenvalue weighted by atomic mass is 16.5. The Hall–Kier alpha value is -4.18. The van der Waals surface area contributed by atoms with Gasteiger partial charge in [-0.2, -0.15) is 5.10 Å². The minimum absolute atomic E-state index is 0.0139. The Morgan fingerprint density at radius 2 is 2.06 bits per heavy atom. The molecule has 35 heavy (non-hydrogen) atoms. The molecule has 1 aliphatic carbocycles. The normalized spacial score (nSPS) is 20.1. The van der Waals surface area contributed by atoms with Gasteiger partial charge in [-0.25, -0.2) is 9.97 Å². The zero-order valence-electron chi connectivity index (χ0n) is 19.3. The lowest BCUT2D eigenvalue weighted by atomic mass is 9.91. The van der Waals surface area contributed by atoms with Crippen LogP contribution < -0.4 is 20.1 Å². The maximum absolute atomic E-state index is 13.0. The first-order valence-corrected chi connectivity index (χ1v) is 11.3. The van der Waals surface area contributed by atoms with Gasteiger partial charge >= 0.3 is 0 Å². The highest BCUT2D eigenvalue weighted by Crippen LogP contribution is 2.65. The summed E-state index contributed by atoms with van der Waals surface area (Å²) in [5, 5.41) is 23.7. The molecular formula is C25H24N6O4. The largest absolute Gasteiger partial charge is 0.497 e. The molecule has 2 aliphatic rings. The summed E-state index contributed by atoms with van der Waals surface area (Å²) in [4.78, 5) is 21.7. The highest BCUT2D eigenvalue weighted by molar-refractivity contribution is 6.10. The second kappa shape index (κ2) is 7.95. The first-order chi connectivity index (χ1) is 17.1. The van der Waals surface area contributed by atoms with Crippen LogP contribution in [0.15, 0.2) is 42.6 Å². The van der Waals surface area contributed by atoms with Gasteiger partial charge in [-0.3, -0.25) is 9.89 Å². The molecule has 1 saturated carbocycles. The van der Waals surface area contributed by atoms with Crippen LogP contribution in [0, 0.1) is 0 Å². The fraction of sp³-hybridized carbons (Fsp3) is 0.280. The number of rotatable bonds is 7. The molecule has 178 valence electrons. The Balaban J connectivity index is 1.29. The van der Waals surface area contributed by atoms with Crippen molar-refractivity contribution >= 4 is 34.1 Å². The first-order valence-electron chi connectivity index (χ1n) is 11.3. The molecule has 1 spiro atoms. The fourth-order valence-corrected chi connectivity index (χ4v) is 5.03. The van der Waals surface area contributed by atoms with Crippen LogP contribution in [0.3, 0.4) is 0 Å². The number of ether oxygens (including phenoxy) is 2. The van der Waals surface area contributed by atoms with Gasteiger partial charge < -0.3 is 25.2 Å². The van der Waals surface area contributed by atoms with Crippen molar-refractivity contribution in [2.75, 3.05) is 31.5 Å². The van der Waals surface area contributed by atoms with Crippen molar-refractivity contribution in [3.8, 4) is 11.6 Å². The number of fused-ring (bicyclic) bond motifs is 3. The van der Waals surface area contributed by atoms with Gasteiger partial charge in [0.25, 0.3) is 5.88 Å². The van der Waals surface area contributed by atoms with Crippen LogP contribution in [0.25, 0.3) is 10.9 Å². The van der Waals surface area contributed by atoms with E-state index in [4.69, 9.17) is 14.6 Å². The number of aromatic amines is 1. The number of aliphatic hydroxyl groups excluding tert-OH is 1. The first kappa shape index (κ1) is 21.4. The predicted molar refractivity (Wildman–Crippen MR) is 129 cm³/mol. The standard InChI is InChI=1S/C25H24N6O4/c1-34-15-4-6-19-17(10-15)25(24(33)28-19)11-18(25)13-3-5-16-20(9-13)30-31-21(16)29-22-23(35-2)27-14(7-8-32)12-26-22/h3-6,9-10,12,18,32H,7-8,11H2,1-2H3,(H,28,33)(H2,26,29,30,31)/t18-,25-/m0/s1. The topological polar surface area (TPSA) is 134 Å². The lowest BCUT2D eigenvalue weighted by Crippen LogP contribution is -2.21. The molecule has 10 heteroatoms. The molecule has 4 aromatic rings. The molecule has 4 N–H and O–H groups in total. The smallest absolute Gasteiger partial charge is 0.257 e. The zero-order chi connectivity index (χ0) is 24.2. The van der Waals surface area contributed by atoms with Crippen molar-refractivity contribution in [2.24, 2.45) is 0 Å². The third kappa shape index (κ3) is 3.28. The van der Waals surface area contributed by atoms with E-state index in [0.29, 0.717) is 29.6 Å². The van der Waals surface area contributed by atoms with Crippen LogP contribution in [0.5, 0.6) is 11.6 Å². The summed E-state index contributed by atoms with van der Waals surface area (Å²) in [6.45, 7) is -0.0139.